The van der Waals surface area contributed by atoms with E-state index < -0.39 is 28.5 Å². The topological polar surface area (TPSA) is 96.0 Å². The van der Waals surface area contributed by atoms with Gasteiger partial charge in [0.25, 0.3) is 0 Å². The third kappa shape index (κ3) is 6.46. The second-order valence-electron chi connectivity index (χ2n) is 13.2. The molecule has 2 amide bonds. The Bertz CT molecular complexity index is 1370. The fraction of sp³-hybridized carbons (Fsp3) is 0.576. The molecule has 228 valence electrons. The van der Waals surface area contributed by atoms with E-state index in [1.165, 1.54) is 49.0 Å². The summed E-state index contributed by atoms with van der Waals surface area (Å²) in [4.78, 5) is 28.3. The van der Waals surface area contributed by atoms with Crippen molar-refractivity contribution in [1.82, 2.24) is 10.2 Å². The van der Waals surface area contributed by atoms with E-state index >= 15 is 0 Å². The number of ether oxygens (including phenoxy) is 1. The average molecular weight is 596 g/mol. The third-order valence-electron chi connectivity index (χ3n) is 9.57. The van der Waals surface area contributed by atoms with Gasteiger partial charge in [0.05, 0.1) is 19.1 Å². The lowest BCUT2D eigenvalue weighted by Crippen LogP contribution is -2.52. The molecule has 1 atom stereocenters. The fourth-order valence-electron chi connectivity index (χ4n) is 8.01. The van der Waals surface area contributed by atoms with Gasteiger partial charge < -0.3 is 15.0 Å². The molecule has 0 aliphatic heterocycles. The number of hydrogen-bond donors (Lipinski definition) is 1. The van der Waals surface area contributed by atoms with Gasteiger partial charge in [-0.25, -0.2) is 8.42 Å². The largest absolute Gasteiger partial charge is 0.497 e. The minimum Gasteiger partial charge on any atom is -0.497 e. The summed E-state index contributed by atoms with van der Waals surface area (Å²) in [5.41, 5.74) is 2.73. The first-order valence-corrected chi connectivity index (χ1v) is 17.0. The number of nitrogens with one attached hydrogen (secondary N) is 1. The lowest BCUT2D eigenvalue weighted by molar-refractivity contribution is -0.139. The molecule has 42 heavy (non-hydrogen) atoms. The van der Waals surface area contributed by atoms with Crippen molar-refractivity contribution in [2.45, 2.75) is 83.3 Å². The zero-order chi connectivity index (χ0) is 30.2. The number of carbonyl (C=O) groups excluding carboxylic acids is 2. The second-order valence-corrected chi connectivity index (χ2v) is 15.1. The molecule has 1 N–H and O–H groups in total. The van der Waals surface area contributed by atoms with Gasteiger partial charge in [0.2, 0.25) is 21.8 Å². The first-order chi connectivity index (χ1) is 19.9. The average Bonchev–Trinajstić information content (AvgIpc) is 2.92. The van der Waals surface area contributed by atoms with Crippen LogP contribution in [0.2, 0.25) is 0 Å². The van der Waals surface area contributed by atoms with Crippen molar-refractivity contribution >= 4 is 27.5 Å². The van der Waals surface area contributed by atoms with Crippen molar-refractivity contribution in [2.75, 3.05) is 24.2 Å². The Morgan fingerprint density at radius 3 is 2.10 bits per heavy atom. The predicted octanol–water partition coefficient (Wildman–Crippen LogP) is 4.87. The number of amides is 2. The van der Waals surface area contributed by atoms with Crippen LogP contribution in [0, 0.1) is 17.8 Å². The van der Waals surface area contributed by atoms with Gasteiger partial charge >= 0.3 is 0 Å². The summed E-state index contributed by atoms with van der Waals surface area (Å²) in [5.74, 6) is 2.31. The van der Waals surface area contributed by atoms with Gasteiger partial charge in [-0.1, -0.05) is 24.3 Å². The number of methoxy groups -OCH3 is 1. The van der Waals surface area contributed by atoms with E-state index in [9.17, 15) is 18.0 Å². The zero-order valence-corrected chi connectivity index (χ0v) is 26.3. The van der Waals surface area contributed by atoms with Crippen molar-refractivity contribution in [3.05, 3.63) is 59.7 Å². The van der Waals surface area contributed by atoms with Crippen LogP contribution in [0.25, 0.3) is 0 Å². The molecule has 0 heterocycles. The van der Waals surface area contributed by atoms with E-state index in [0.717, 1.165) is 33.9 Å². The van der Waals surface area contributed by atoms with Crippen molar-refractivity contribution in [2.24, 2.45) is 17.8 Å². The Morgan fingerprint density at radius 1 is 0.976 bits per heavy atom. The molecule has 2 aromatic carbocycles. The molecule has 9 heteroatoms. The van der Waals surface area contributed by atoms with Crippen LogP contribution in [0.5, 0.6) is 5.75 Å². The van der Waals surface area contributed by atoms with E-state index in [1.54, 1.807) is 14.0 Å². The van der Waals surface area contributed by atoms with Crippen LogP contribution >= 0.6 is 0 Å². The monoisotopic (exact) mass is 595 g/mol. The number of benzene rings is 2. The van der Waals surface area contributed by atoms with E-state index in [-0.39, 0.29) is 23.9 Å². The van der Waals surface area contributed by atoms with Crippen LogP contribution in [0.4, 0.5) is 5.69 Å². The maximum absolute atomic E-state index is 13.9. The molecular formula is C33H45N3O5S. The molecule has 2 aromatic rings. The van der Waals surface area contributed by atoms with Gasteiger partial charge in [-0.05, 0) is 118 Å². The summed E-state index contributed by atoms with van der Waals surface area (Å²) in [6.07, 6.45) is 8.88. The van der Waals surface area contributed by atoms with Crippen LogP contribution in [0.15, 0.2) is 48.5 Å². The standard InChI is InChI=1S/C33H45N3O5S/c1-22(2)34-32(38)23(3)35(20-24-7-6-8-30(16-24)41-4)31(37)21-36(42(5,39)40)29-11-9-28(10-12-29)33-17-25-13-26(18-33)15-27(14-25)19-33/h6-12,16,22-23,25-27H,13-15,17-21H2,1-5H3,(H,34,38). The van der Waals surface area contributed by atoms with E-state index in [0.29, 0.717) is 11.4 Å². The van der Waals surface area contributed by atoms with E-state index in [1.807, 2.05) is 50.2 Å². The highest BCUT2D eigenvalue weighted by Crippen LogP contribution is 2.60. The number of anilines is 1. The van der Waals surface area contributed by atoms with Gasteiger partial charge in [0.15, 0.2) is 0 Å². The highest BCUT2D eigenvalue weighted by atomic mass is 32.2. The number of carbonyl (C=O) groups is 2. The number of rotatable bonds is 11. The number of hydrogen-bond acceptors (Lipinski definition) is 5. The van der Waals surface area contributed by atoms with Crippen LogP contribution in [0.1, 0.15) is 70.4 Å². The molecular weight excluding hydrogens is 550 g/mol. The lowest BCUT2D eigenvalue weighted by atomic mass is 9.48. The Labute approximate surface area is 250 Å². The van der Waals surface area contributed by atoms with Crippen molar-refractivity contribution in [3.63, 3.8) is 0 Å². The van der Waals surface area contributed by atoms with E-state index in [4.69, 9.17) is 4.74 Å². The van der Waals surface area contributed by atoms with Gasteiger partial charge in [0.1, 0.15) is 18.3 Å². The number of nitrogens with zero attached hydrogens (tertiary/aromatic N) is 2. The molecule has 4 bridgehead atoms. The molecule has 0 radical (unpaired) electrons. The minimum atomic E-state index is -3.79. The molecule has 4 fully saturated rings. The van der Waals surface area contributed by atoms with Crippen LogP contribution in [0.3, 0.4) is 0 Å². The lowest BCUT2D eigenvalue weighted by Gasteiger charge is -2.57. The molecule has 4 aliphatic rings. The molecule has 4 saturated carbocycles. The molecule has 0 aromatic heterocycles. The number of sulfonamides is 1. The molecule has 4 aliphatic carbocycles. The van der Waals surface area contributed by atoms with Crippen LogP contribution in [-0.4, -0.2) is 57.1 Å². The van der Waals surface area contributed by atoms with Gasteiger partial charge in [0, 0.05) is 12.6 Å². The molecule has 0 spiro atoms. The summed E-state index contributed by atoms with van der Waals surface area (Å²) in [5, 5.41) is 2.87. The Kier molecular flexibility index (Phi) is 8.61. The van der Waals surface area contributed by atoms with Gasteiger partial charge in [-0.15, -0.1) is 0 Å². The van der Waals surface area contributed by atoms with Crippen LogP contribution < -0.4 is 14.4 Å². The fourth-order valence-corrected chi connectivity index (χ4v) is 8.86. The maximum atomic E-state index is 13.9. The first kappa shape index (κ1) is 30.4. The van der Waals surface area contributed by atoms with Crippen molar-refractivity contribution in [3.8, 4) is 5.75 Å². The SMILES string of the molecule is COc1cccc(CN(C(=O)CN(c2ccc(C34CC5CC(CC(C5)C3)C4)cc2)S(C)(=O)=O)C(C)C(=O)NC(C)C)c1. The summed E-state index contributed by atoms with van der Waals surface area (Å²) >= 11 is 0. The minimum absolute atomic E-state index is 0.103. The van der Waals surface area contributed by atoms with Crippen molar-refractivity contribution < 1.29 is 22.7 Å². The summed E-state index contributed by atoms with van der Waals surface area (Å²) < 4.78 is 32.6. The zero-order valence-electron chi connectivity index (χ0n) is 25.5. The maximum Gasteiger partial charge on any atom is 0.244 e. The van der Waals surface area contributed by atoms with Gasteiger partial charge in [-0.3, -0.25) is 13.9 Å². The highest BCUT2D eigenvalue weighted by molar-refractivity contribution is 7.92. The quantitative estimate of drug-likeness (QED) is 0.400. The second kappa shape index (κ2) is 11.9. The normalized spacial score (nSPS) is 25.2. The molecule has 6 rings (SSSR count). The summed E-state index contributed by atoms with van der Waals surface area (Å²) in [6.45, 7) is 5.11. The smallest absolute Gasteiger partial charge is 0.244 e. The Morgan fingerprint density at radius 2 is 1.57 bits per heavy atom. The molecule has 0 saturated heterocycles. The first-order valence-electron chi connectivity index (χ1n) is 15.2. The summed E-state index contributed by atoms with van der Waals surface area (Å²) in [6, 6.07) is 14.2. The summed E-state index contributed by atoms with van der Waals surface area (Å²) in [7, 11) is -2.22. The molecule has 8 nitrogen and oxygen atoms in total. The Balaban J connectivity index is 1.39. The van der Waals surface area contributed by atoms with Crippen molar-refractivity contribution in [1.29, 1.82) is 0 Å². The molecule has 1 unspecified atom stereocenters. The van der Waals surface area contributed by atoms with Crippen LogP contribution in [-0.2, 0) is 31.6 Å². The highest BCUT2D eigenvalue weighted by Gasteiger charge is 2.51. The van der Waals surface area contributed by atoms with Gasteiger partial charge in [-0.2, -0.15) is 0 Å². The van der Waals surface area contributed by atoms with E-state index in [2.05, 4.69) is 17.4 Å². The Hall–Kier alpha value is -3.07. The third-order valence-corrected chi connectivity index (χ3v) is 10.7. The predicted molar refractivity (Wildman–Crippen MR) is 165 cm³/mol.